The molecule has 0 saturated carbocycles. The lowest BCUT2D eigenvalue weighted by Crippen LogP contribution is -2.03. The summed E-state index contributed by atoms with van der Waals surface area (Å²) >= 11 is 0. The summed E-state index contributed by atoms with van der Waals surface area (Å²) in [5.41, 5.74) is 0.0838. The van der Waals surface area contributed by atoms with Crippen LogP contribution in [-0.4, -0.2) is 17.7 Å². The van der Waals surface area contributed by atoms with Crippen LogP contribution < -0.4 is 4.74 Å². The van der Waals surface area contributed by atoms with Gasteiger partial charge in [-0.3, -0.25) is 0 Å². The van der Waals surface area contributed by atoms with Crippen LogP contribution in [0.5, 0.6) is 5.75 Å². The fourth-order valence-corrected chi connectivity index (χ4v) is 1.57. The smallest absolute Gasteiger partial charge is 0.340 e. The lowest BCUT2D eigenvalue weighted by atomic mass is 10.1. The van der Waals surface area contributed by atoms with Gasteiger partial charge in [0.25, 0.3) is 0 Å². The van der Waals surface area contributed by atoms with Crippen molar-refractivity contribution in [3.63, 3.8) is 0 Å². The van der Waals surface area contributed by atoms with Crippen LogP contribution in [0, 0.1) is 6.07 Å². The maximum Gasteiger partial charge on any atom is 0.340 e. The molecule has 2 aromatic carbocycles. The molecule has 81 valence electrons. The molecule has 0 aliphatic rings. The second-order valence-electron chi connectivity index (χ2n) is 3.33. The number of hydrogen-bond donors (Lipinski definition) is 1. The third-order valence-electron chi connectivity index (χ3n) is 2.27. The van der Waals surface area contributed by atoms with E-state index in [0.717, 1.165) is 10.8 Å². The normalized spacial score (nSPS) is 10.3. The SMILES string of the molecule is CCOc1cc2ccccc2[c]c1C(=O)O. The summed E-state index contributed by atoms with van der Waals surface area (Å²) in [6.07, 6.45) is 0. The van der Waals surface area contributed by atoms with Gasteiger partial charge >= 0.3 is 5.97 Å². The topological polar surface area (TPSA) is 46.5 Å². The Bertz CT molecular complexity index is 532. The Labute approximate surface area is 93.3 Å². The van der Waals surface area contributed by atoms with E-state index in [9.17, 15) is 4.79 Å². The van der Waals surface area contributed by atoms with Crippen molar-refractivity contribution in [3.05, 3.63) is 42.0 Å². The minimum absolute atomic E-state index is 0.0838. The average molecular weight is 215 g/mol. The molecule has 0 bridgehead atoms. The van der Waals surface area contributed by atoms with E-state index in [1.54, 1.807) is 6.07 Å². The summed E-state index contributed by atoms with van der Waals surface area (Å²) in [5, 5.41) is 10.7. The molecule has 0 aliphatic carbocycles. The van der Waals surface area contributed by atoms with Crippen LogP contribution in [0.15, 0.2) is 30.3 Å². The maximum absolute atomic E-state index is 11.0. The zero-order chi connectivity index (χ0) is 11.5. The first-order valence-corrected chi connectivity index (χ1v) is 5.03. The number of carboxylic acids is 1. The molecule has 3 nitrogen and oxygen atoms in total. The molecular weight excluding hydrogens is 204 g/mol. The fourth-order valence-electron chi connectivity index (χ4n) is 1.57. The lowest BCUT2D eigenvalue weighted by Gasteiger charge is -2.08. The van der Waals surface area contributed by atoms with Gasteiger partial charge in [0, 0.05) is 6.07 Å². The van der Waals surface area contributed by atoms with Crippen molar-refractivity contribution >= 4 is 16.7 Å². The summed E-state index contributed by atoms with van der Waals surface area (Å²) in [5.74, 6) is -0.650. The Kier molecular flexibility index (Phi) is 2.77. The van der Waals surface area contributed by atoms with Crippen LogP contribution in [0.1, 0.15) is 17.3 Å². The van der Waals surface area contributed by atoms with Crippen LogP contribution in [0.4, 0.5) is 0 Å². The third-order valence-corrected chi connectivity index (χ3v) is 2.27. The van der Waals surface area contributed by atoms with E-state index in [2.05, 4.69) is 6.07 Å². The number of benzene rings is 2. The Balaban J connectivity index is 2.65. The first kappa shape index (κ1) is 10.5. The van der Waals surface area contributed by atoms with E-state index < -0.39 is 5.97 Å². The zero-order valence-corrected chi connectivity index (χ0v) is 8.86. The summed E-state index contributed by atoms with van der Waals surface area (Å²) in [6.45, 7) is 2.26. The van der Waals surface area contributed by atoms with Gasteiger partial charge in [0.1, 0.15) is 11.3 Å². The van der Waals surface area contributed by atoms with Crippen molar-refractivity contribution in [1.29, 1.82) is 0 Å². The van der Waals surface area contributed by atoms with Crippen LogP contribution in [0.25, 0.3) is 10.8 Å². The minimum atomic E-state index is -1.02. The van der Waals surface area contributed by atoms with E-state index >= 15 is 0 Å². The molecule has 0 saturated heterocycles. The Hall–Kier alpha value is -2.03. The molecule has 16 heavy (non-hydrogen) atoms. The van der Waals surface area contributed by atoms with Crippen LogP contribution >= 0.6 is 0 Å². The Morgan fingerprint density at radius 1 is 1.44 bits per heavy atom. The summed E-state index contributed by atoms with van der Waals surface area (Å²) < 4.78 is 5.29. The summed E-state index contributed by atoms with van der Waals surface area (Å²) in [6, 6.07) is 12.1. The van der Waals surface area contributed by atoms with E-state index in [1.807, 2.05) is 31.2 Å². The number of hydrogen-bond acceptors (Lipinski definition) is 2. The summed E-state index contributed by atoms with van der Waals surface area (Å²) in [7, 11) is 0. The Morgan fingerprint density at radius 3 is 2.88 bits per heavy atom. The molecule has 2 aromatic rings. The van der Waals surface area contributed by atoms with Crippen molar-refractivity contribution in [1.82, 2.24) is 0 Å². The predicted molar refractivity (Wildman–Crippen MR) is 60.9 cm³/mol. The molecule has 0 atom stereocenters. The van der Waals surface area contributed by atoms with Crippen molar-refractivity contribution in [2.45, 2.75) is 6.92 Å². The molecule has 1 N–H and O–H groups in total. The molecule has 0 unspecified atom stereocenters. The predicted octanol–water partition coefficient (Wildman–Crippen LogP) is 2.74. The molecular formula is C13H11O3. The van der Waals surface area contributed by atoms with Gasteiger partial charge in [-0.25, -0.2) is 4.79 Å². The molecule has 0 heterocycles. The number of fused-ring (bicyclic) bond motifs is 1. The van der Waals surface area contributed by atoms with Crippen LogP contribution in [0.3, 0.4) is 0 Å². The van der Waals surface area contributed by atoms with Crippen molar-refractivity contribution in [3.8, 4) is 5.75 Å². The highest BCUT2D eigenvalue weighted by Gasteiger charge is 2.12. The fraction of sp³-hybridized carbons (Fsp3) is 0.154. The van der Waals surface area contributed by atoms with Crippen LogP contribution in [-0.2, 0) is 0 Å². The number of carboxylic acid groups (broad SMARTS) is 1. The lowest BCUT2D eigenvalue weighted by molar-refractivity contribution is 0.0692. The van der Waals surface area contributed by atoms with Gasteiger partial charge in [-0.2, -0.15) is 0 Å². The standard InChI is InChI=1S/C13H11O3/c1-2-16-12-8-10-6-4-3-5-9(10)7-11(12)13(14)15/h3-6,8H,2H2,1H3,(H,14,15). The highest BCUT2D eigenvalue weighted by molar-refractivity contribution is 5.97. The average Bonchev–Trinajstić information content (AvgIpc) is 2.28. The van der Waals surface area contributed by atoms with Gasteiger partial charge in [-0.05, 0) is 23.8 Å². The highest BCUT2D eigenvalue weighted by atomic mass is 16.5. The quantitative estimate of drug-likeness (QED) is 0.856. The van der Waals surface area contributed by atoms with Gasteiger partial charge < -0.3 is 9.84 Å². The first-order chi connectivity index (χ1) is 7.72. The second-order valence-corrected chi connectivity index (χ2v) is 3.33. The zero-order valence-electron chi connectivity index (χ0n) is 8.86. The van der Waals surface area contributed by atoms with Gasteiger partial charge in [-0.15, -0.1) is 0 Å². The van der Waals surface area contributed by atoms with E-state index in [0.29, 0.717) is 12.4 Å². The van der Waals surface area contributed by atoms with Crippen LogP contribution in [0.2, 0.25) is 0 Å². The monoisotopic (exact) mass is 215 g/mol. The van der Waals surface area contributed by atoms with Gasteiger partial charge in [0.05, 0.1) is 6.61 Å². The van der Waals surface area contributed by atoms with Crippen molar-refractivity contribution in [2.75, 3.05) is 6.61 Å². The number of ether oxygens (including phenoxy) is 1. The summed E-state index contributed by atoms with van der Waals surface area (Å²) in [4.78, 5) is 11.0. The largest absolute Gasteiger partial charge is 0.493 e. The molecule has 2 rings (SSSR count). The minimum Gasteiger partial charge on any atom is -0.493 e. The third kappa shape index (κ3) is 1.84. The van der Waals surface area contributed by atoms with Crippen molar-refractivity contribution < 1.29 is 14.6 Å². The highest BCUT2D eigenvalue weighted by Crippen LogP contribution is 2.25. The molecule has 0 spiro atoms. The van der Waals surface area contributed by atoms with Gasteiger partial charge in [0.2, 0.25) is 0 Å². The maximum atomic E-state index is 11.0. The second kappa shape index (κ2) is 4.23. The molecule has 0 aliphatic heterocycles. The number of rotatable bonds is 3. The molecule has 0 fully saturated rings. The Morgan fingerprint density at radius 2 is 2.19 bits per heavy atom. The molecule has 0 amide bonds. The number of aromatic carboxylic acids is 1. The molecule has 0 aromatic heterocycles. The number of carbonyl (C=O) groups is 1. The van der Waals surface area contributed by atoms with E-state index in [4.69, 9.17) is 9.84 Å². The molecule has 3 heteroatoms. The van der Waals surface area contributed by atoms with E-state index in [-0.39, 0.29) is 5.56 Å². The van der Waals surface area contributed by atoms with E-state index in [1.165, 1.54) is 0 Å². The first-order valence-electron chi connectivity index (χ1n) is 5.03. The van der Waals surface area contributed by atoms with Gasteiger partial charge in [0.15, 0.2) is 0 Å². The molecule has 1 radical (unpaired) electrons. The van der Waals surface area contributed by atoms with Crippen molar-refractivity contribution in [2.24, 2.45) is 0 Å². The van der Waals surface area contributed by atoms with Gasteiger partial charge in [-0.1, -0.05) is 24.3 Å².